The molecule has 0 N–H and O–H groups in total. The fraction of sp³-hybridized carbons (Fsp3) is 0.529. The number of fused-ring (bicyclic) bond motifs is 2. The zero-order valence-corrected chi connectivity index (χ0v) is 12.5. The van der Waals surface area contributed by atoms with Crippen molar-refractivity contribution < 1.29 is 19.1 Å². The molecule has 112 valence electrons. The molecule has 4 heteroatoms. The van der Waals surface area contributed by atoms with Gasteiger partial charge < -0.3 is 9.47 Å². The third-order valence-corrected chi connectivity index (χ3v) is 4.83. The van der Waals surface area contributed by atoms with Crippen LogP contribution in [0.4, 0.5) is 0 Å². The van der Waals surface area contributed by atoms with E-state index in [2.05, 4.69) is 0 Å². The standard InChI is InChI=1S/C17H20O4/c1-20-13-9-11-5-4-8-17(12(11)10-14(13)21-2)15(18)6-3-7-16(17)19/h9-10H,3-8H2,1-2H3. The number of methoxy groups -OCH3 is 2. The molecule has 1 aromatic carbocycles. The van der Waals surface area contributed by atoms with Crippen molar-refractivity contribution >= 4 is 11.6 Å². The van der Waals surface area contributed by atoms with Gasteiger partial charge in [0, 0.05) is 12.8 Å². The van der Waals surface area contributed by atoms with Gasteiger partial charge in [0.1, 0.15) is 5.41 Å². The second-order valence-corrected chi connectivity index (χ2v) is 5.82. The number of aryl methyl sites for hydroxylation is 1. The summed E-state index contributed by atoms with van der Waals surface area (Å²) >= 11 is 0. The smallest absolute Gasteiger partial charge is 0.161 e. The summed E-state index contributed by atoms with van der Waals surface area (Å²) in [5.41, 5.74) is 0.967. The first-order valence-electron chi connectivity index (χ1n) is 7.45. The number of ether oxygens (including phenoxy) is 2. The maximum atomic E-state index is 12.6. The normalized spacial score (nSPS) is 20.3. The molecular formula is C17H20O4. The van der Waals surface area contributed by atoms with Crippen LogP contribution in [0.25, 0.3) is 0 Å². The highest BCUT2D eigenvalue weighted by Gasteiger charge is 2.50. The Kier molecular flexibility index (Phi) is 3.47. The van der Waals surface area contributed by atoms with Crippen molar-refractivity contribution in [2.75, 3.05) is 14.2 Å². The highest BCUT2D eigenvalue weighted by atomic mass is 16.5. The first-order chi connectivity index (χ1) is 10.1. The molecular weight excluding hydrogens is 268 g/mol. The molecule has 0 radical (unpaired) electrons. The topological polar surface area (TPSA) is 52.6 Å². The fourth-order valence-corrected chi connectivity index (χ4v) is 3.77. The van der Waals surface area contributed by atoms with Gasteiger partial charge in [-0.3, -0.25) is 9.59 Å². The minimum atomic E-state index is -0.925. The molecule has 2 aliphatic carbocycles. The summed E-state index contributed by atoms with van der Waals surface area (Å²) in [5.74, 6) is 1.39. The van der Waals surface area contributed by atoms with Crippen LogP contribution in [0.15, 0.2) is 12.1 Å². The summed E-state index contributed by atoms with van der Waals surface area (Å²) in [6.07, 6.45) is 4.05. The average molecular weight is 288 g/mol. The SMILES string of the molecule is COc1cc2c(cc1OC)C1(CCC2)C(=O)CCCC1=O. The predicted molar refractivity (Wildman–Crippen MR) is 78.0 cm³/mol. The van der Waals surface area contributed by atoms with E-state index in [1.165, 1.54) is 0 Å². The molecule has 0 aliphatic heterocycles. The van der Waals surface area contributed by atoms with Crippen molar-refractivity contribution in [3.05, 3.63) is 23.3 Å². The van der Waals surface area contributed by atoms with Gasteiger partial charge in [-0.15, -0.1) is 0 Å². The summed E-state index contributed by atoms with van der Waals surface area (Å²) in [4.78, 5) is 25.2. The average Bonchev–Trinajstić information content (AvgIpc) is 2.51. The van der Waals surface area contributed by atoms with Gasteiger partial charge in [0.25, 0.3) is 0 Å². The minimum Gasteiger partial charge on any atom is -0.493 e. The number of hydrogen-bond acceptors (Lipinski definition) is 4. The summed E-state index contributed by atoms with van der Waals surface area (Å²) in [6.45, 7) is 0. The summed E-state index contributed by atoms with van der Waals surface area (Å²) in [5, 5.41) is 0. The van der Waals surface area contributed by atoms with Crippen molar-refractivity contribution in [1.29, 1.82) is 0 Å². The van der Waals surface area contributed by atoms with Crippen LogP contribution in [0.1, 0.15) is 43.2 Å². The number of hydrogen-bond donors (Lipinski definition) is 0. The second-order valence-electron chi connectivity index (χ2n) is 5.82. The van der Waals surface area contributed by atoms with Crippen molar-refractivity contribution in [2.45, 2.75) is 43.9 Å². The number of benzene rings is 1. The van der Waals surface area contributed by atoms with E-state index in [1.807, 2.05) is 12.1 Å². The lowest BCUT2D eigenvalue weighted by atomic mass is 9.61. The quantitative estimate of drug-likeness (QED) is 0.785. The largest absolute Gasteiger partial charge is 0.493 e. The fourth-order valence-electron chi connectivity index (χ4n) is 3.77. The van der Waals surface area contributed by atoms with Crippen molar-refractivity contribution in [2.24, 2.45) is 0 Å². The second kappa shape index (κ2) is 5.17. The lowest BCUT2D eigenvalue weighted by molar-refractivity contribution is -0.138. The highest BCUT2D eigenvalue weighted by molar-refractivity contribution is 6.14. The van der Waals surface area contributed by atoms with Crippen LogP contribution in [0, 0.1) is 0 Å². The molecule has 21 heavy (non-hydrogen) atoms. The monoisotopic (exact) mass is 288 g/mol. The first-order valence-corrected chi connectivity index (χ1v) is 7.45. The van der Waals surface area contributed by atoms with E-state index in [0.29, 0.717) is 37.2 Å². The van der Waals surface area contributed by atoms with Crippen LogP contribution in [0.5, 0.6) is 11.5 Å². The van der Waals surface area contributed by atoms with Crippen LogP contribution >= 0.6 is 0 Å². The van der Waals surface area contributed by atoms with Crippen LogP contribution < -0.4 is 9.47 Å². The van der Waals surface area contributed by atoms with Crippen molar-refractivity contribution in [1.82, 2.24) is 0 Å². The number of ketones is 2. The predicted octanol–water partition coefficient (Wildman–Crippen LogP) is 2.60. The van der Waals surface area contributed by atoms with Crippen molar-refractivity contribution in [3.63, 3.8) is 0 Å². The minimum absolute atomic E-state index is 0.0759. The molecule has 0 atom stereocenters. The molecule has 1 aromatic rings. The summed E-state index contributed by atoms with van der Waals surface area (Å²) < 4.78 is 10.7. The Bertz CT molecular complexity index is 587. The molecule has 0 unspecified atom stereocenters. The molecule has 0 bridgehead atoms. The van der Waals surface area contributed by atoms with Gasteiger partial charge >= 0.3 is 0 Å². The first kappa shape index (κ1) is 14.1. The van der Waals surface area contributed by atoms with Crippen LogP contribution in [-0.2, 0) is 21.4 Å². The van der Waals surface area contributed by atoms with E-state index in [9.17, 15) is 9.59 Å². The molecule has 2 aliphatic rings. The molecule has 0 saturated heterocycles. The lowest BCUT2D eigenvalue weighted by Crippen LogP contribution is -2.48. The van der Waals surface area contributed by atoms with E-state index < -0.39 is 5.41 Å². The zero-order valence-electron chi connectivity index (χ0n) is 12.5. The Morgan fingerprint density at radius 2 is 1.52 bits per heavy atom. The molecule has 0 amide bonds. The van der Waals surface area contributed by atoms with Gasteiger partial charge in [0.05, 0.1) is 14.2 Å². The van der Waals surface area contributed by atoms with E-state index in [0.717, 1.165) is 24.0 Å². The van der Waals surface area contributed by atoms with Gasteiger partial charge in [-0.05, 0) is 48.9 Å². The van der Waals surface area contributed by atoms with Gasteiger partial charge in [-0.1, -0.05) is 0 Å². The Morgan fingerprint density at radius 1 is 0.905 bits per heavy atom. The third-order valence-electron chi connectivity index (χ3n) is 4.83. The Balaban J connectivity index is 2.21. The van der Waals surface area contributed by atoms with Crippen molar-refractivity contribution in [3.8, 4) is 11.5 Å². The summed E-state index contributed by atoms with van der Waals surface area (Å²) in [6, 6.07) is 3.76. The number of carbonyl (C=O) groups is 2. The Labute approximate surface area is 124 Å². The highest BCUT2D eigenvalue weighted by Crippen LogP contribution is 2.46. The maximum absolute atomic E-state index is 12.6. The van der Waals surface area contributed by atoms with Crippen LogP contribution in [0.2, 0.25) is 0 Å². The molecule has 0 aromatic heterocycles. The van der Waals surface area contributed by atoms with Gasteiger partial charge in [-0.2, -0.15) is 0 Å². The molecule has 0 heterocycles. The third kappa shape index (κ3) is 1.96. The molecule has 1 fully saturated rings. The van der Waals surface area contributed by atoms with E-state index in [-0.39, 0.29) is 11.6 Å². The Hall–Kier alpha value is -1.84. The zero-order chi connectivity index (χ0) is 15.0. The summed E-state index contributed by atoms with van der Waals surface area (Å²) in [7, 11) is 3.17. The number of Topliss-reactive ketones (excluding diaryl/α,β-unsaturated/α-hetero) is 2. The van der Waals surface area contributed by atoms with Gasteiger partial charge in [0.15, 0.2) is 23.1 Å². The van der Waals surface area contributed by atoms with Gasteiger partial charge in [0.2, 0.25) is 0 Å². The van der Waals surface area contributed by atoms with Crippen LogP contribution in [0.3, 0.4) is 0 Å². The molecule has 1 saturated carbocycles. The maximum Gasteiger partial charge on any atom is 0.161 e. The molecule has 3 rings (SSSR count). The van der Waals surface area contributed by atoms with Gasteiger partial charge in [-0.25, -0.2) is 0 Å². The molecule has 4 nitrogen and oxygen atoms in total. The number of rotatable bonds is 2. The van der Waals surface area contributed by atoms with E-state index in [1.54, 1.807) is 14.2 Å². The number of carbonyl (C=O) groups excluding carboxylic acids is 2. The van der Waals surface area contributed by atoms with Crippen LogP contribution in [-0.4, -0.2) is 25.8 Å². The van der Waals surface area contributed by atoms with E-state index in [4.69, 9.17) is 9.47 Å². The lowest BCUT2D eigenvalue weighted by Gasteiger charge is -2.39. The Morgan fingerprint density at radius 3 is 2.14 bits per heavy atom. The van der Waals surface area contributed by atoms with E-state index >= 15 is 0 Å². The molecule has 1 spiro atoms.